The van der Waals surface area contributed by atoms with Crippen LogP contribution in [-0.4, -0.2) is 30.9 Å². The van der Waals surface area contributed by atoms with E-state index < -0.39 is 27.4 Å². The maximum absolute atomic E-state index is 11.3. The largest absolute Gasteiger partial charge is 0.478 e. The summed E-state index contributed by atoms with van der Waals surface area (Å²) in [5.41, 5.74) is 4.23. The Balaban J connectivity index is 3.25. The van der Waals surface area contributed by atoms with E-state index in [0.717, 1.165) is 6.07 Å². The molecule has 1 amide bonds. The zero-order chi connectivity index (χ0) is 16.4. The van der Waals surface area contributed by atoms with Gasteiger partial charge < -0.3 is 16.2 Å². The minimum Gasteiger partial charge on any atom is -0.478 e. The predicted octanol–water partition coefficient (Wildman–Crippen LogP) is 0.0981. The zero-order valence-electron chi connectivity index (χ0n) is 11.6. The van der Waals surface area contributed by atoms with Gasteiger partial charge >= 0.3 is 5.97 Å². The number of aromatic carboxylic acids is 1. The quantitative estimate of drug-likeness (QED) is 0.584. The molecule has 8 nitrogen and oxygen atoms in total. The molecule has 6 N–H and O–H groups in total. The average Bonchev–Trinajstić information content (AvgIpc) is 2.24. The van der Waals surface area contributed by atoms with Gasteiger partial charge in [0.2, 0.25) is 15.9 Å². The highest BCUT2D eigenvalue weighted by Crippen LogP contribution is 2.24. The van der Waals surface area contributed by atoms with Gasteiger partial charge in [-0.3, -0.25) is 4.79 Å². The number of carbonyl (C=O) groups excluding carboxylic acids is 1. The summed E-state index contributed by atoms with van der Waals surface area (Å²) >= 11 is 0. The van der Waals surface area contributed by atoms with Gasteiger partial charge in [-0.1, -0.05) is 0 Å². The summed E-state index contributed by atoms with van der Waals surface area (Å²) in [5, 5.41) is 17.0. The Morgan fingerprint density at radius 3 is 2.33 bits per heavy atom. The van der Waals surface area contributed by atoms with Crippen LogP contribution >= 0.6 is 0 Å². The van der Waals surface area contributed by atoms with Crippen molar-refractivity contribution in [3.63, 3.8) is 0 Å². The predicted molar refractivity (Wildman–Crippen MR) is 76.3 cm³/mol. The number of nitrogens with two attached hydrogens (primary N) is 2. The molecule has 1 rings (SSSR count). The standard InChI is InChI=1S/C12H17N3O5S/c1-12(2,6-10(13)16)15-9-4-3-7(21(14,19)20)5-8(9)11(17)18/h3-5,15H,6H2,1-2H3,(H2,13,16)(H,17,18)(H2,14,19,20). The molecule has 9 heteroatoms. The molecule has 0 fully saturated rings. The van der Waals surface area contributed by atoms with Crippen molar-refractivity contribution in [1.29, 1.82) is 0 Å². The summed E-state index contributed by atoms with van der Waals surface area (Å²) in [7, 11) is -4.00. The first-order valence-electron chi connectivity index (χ1n) is 5.89. The Kier molecular flexibility index (Phi) is 4.59. The number of anilines is 1. The van der Waals surface area contributed by atoms with Gasteiger partial charge in [-0.2, -0.15) is 0 Å². The van der Waals surface area contributed by atoms with Crippen LogP contribution in [0.4, 0.5) is 5.69 Å². The van der Waals surface area contributed by atoms with Crippen molar-refractivity contribution in [3.05, 3.63) is 23.8 Å². The number of nitrogens with one attached hydrogen (secondary N) is 1. The van der Waals surface area contributed by atoms with Crippen molar-refractivity contribution in [3.8, 4) is 0 Å². The molecule has 0 radical (unpaired) electrons. The van der Waals surface area contributed by atoms with Crippen LogP contribution in [0.25, 0.3) is 0 Å². The second-order valence-corrected chi connectivity index (χ2v) is 6.77. The molecular weight excluding hydrogens is 298 g/mol. The third-order valence-corrected chi connectivity index (χ3v) is 3.55. The molecule has 116 valence electrons. The van der Waals surface area contributed by atoms with Crippen molar-refractivity contribution in [2.24, 2.45) is 10.9 Å². The lowest BCUT2D eigenvalue weighted by molar-refractivity contribution is -0.118. The molecule has 0 heterocycles. The van der Waals surface area contributed by atoms with Gasteiger partial charge in [0.1, 0.15) is 0 Å². The highest BCUT2D eigenvalue weighted by Gasteiger charge is 2.24. The molecule has 0 aliphatic carbocycles. The third-order valence-electron chi connectivity index (χ3n) is 2.64. The maximum Gasteiger partial charge on any atom is 0.337 e. The van der Waals surface area contributed by atoms with Crippen LogP contribution in [0.5, 0.6) is 0 Å². The van der Waals surface area contributed by atoms with Gasteiger partial charge in [0.05, 0.1) is 10.5 Å². The van der Waals surface area contributed by atoms with E-state index in [2.05, 4.69) is 5.32 Å². The lowest BCUT2D eigenvalue weighted by atomic mass is 9.99. The van der Waals surface area contributed by atoms with Gasteiger partial charge in [-0.25, -0.2) is 18.4 Å². The first kappa shape index (κ1) is 16.9. The third kappa shape index (κ3) is 4.72. The lowest BCUT2D eigenvalue weighted by Crippen LogP contribution is -2.36. The Morgan fingerprint density at radius 1 is 1.33 bits per heavy atom. The number of hydrogen-bond donors (Lipinski definition) is 4. The Morgan fingerprint density at radius 2 is 1.90 bits per heavy atom. The molecule has 0 spiro atoms. The van der Waals surface area contributed by atoms with Gasteiger partial charge in [-0.05, 0) is 32.0 Å². The number of sulfonamides is 1. The summed E-state index contributed by atoms with van der Waals surface area (Å²) in [6.45, 7) is 3.33. The van der Waals surface area contributed by atoms with Crippen molar-refractivity contribution in [2.75, 3.05) is 5.32 Å². The number of hydrogen-bond acceptors (Lipinski definition) is 5. The van der Waals surface area contributed by atoms with Crippen molar-refractivity contribution in [2.45, 2.75) is 30.7 Å². The van der Waals surface area contributed by atoms with E-state index in [4.69, 9.17) is 16.0 Å². The van der Waals surface area contributed by atoms with Crippen LogP contribution in [0.1, 0.15) is 30.6 Å². The molecule has 1 aromatic rings. The smallest absolute Gasteiger partial charge is 0.337 e. The highest BCUT2D eigenvalue weighted by atomic mass is 32.2. The van der Waals surface area contributed by atoms with Crippen LogP contribution in [-0.2, 0) is 14.8 Å². The Hall–Kier alpha value is -2.13. The van der Waals surface area contributed by atoms with E-state index in [9.17, 15) is 18.0 Å². The van der Waals surface area contributed by atoms with Crippen LogP contribution < -0.4 is 16.2 Å². The molecule has 0 atom stereocenters. The van der Waals surface area contributed by atoms with Crippen LogP contribution in [0.15, 0.2) is 23.1 Å². The molecule has 21 heavy (non-hydrogen) atoms. The number of rotatable bonds is 6. The number of benzene rings is 1. The second-order valence-electron chi connectivity index (χ2n) is 5.21. The van der Waals surface area contributed by atoms with Gasteiger partial charge in [-0.15, -0.1) is 0 Å². The van der Waals surface area contributed by atoms with E-state index in [1.54, 1.807) is 13.8 Å². The molecule has 0 saturated heterocycles. The number of carboxylic acids is 1. The minimum atomic E-state index is -4.00. The highest BCUT2D eigenvalue weighted by molar-refractivity contribution is 7.89. The Bertz CT molecular complexity index is 682. The molecule has 1 aromatic carbocycles. The summed E-state index contributed by atoms with van der Waals surface area (Å²) in [6.07, 6.45) is -0.0248. The van der Waals surface area contributed by atoms with Crippen LogP contribution in [0.3, 0.4) is 0 Å². The number of primary sulfonamides is 1. The van der Waals surface area contributed by atoms with Gasteiger partial charge in [0.25, 0.3) is 0 Å². The minimum absolute atomic E-state index is 0.0248. The molecule has 0 saturated carbocycles. The molecule has 0 aliphatic heterocycles. The fourth-order valence-corrected chi connectivity index (χ4v) is 2.37. The summed E-state index contributed by atoms with van der Waals surface area (Å²) in [4.78, 5) is 21.9. The van der Waals surface area contributed by atoms with E-state index in [1.807, 2.05) is 0 Å². The molecule has 0 unspecified atom stereocenters. The Labute approximate surface area is 122 Å². The SMILES string of the molecule is CC(C)(CC(N)=O)Nc1ccc(S(N)(=O)=O)cc1C(=O)O. The fourth-order valence-electron chi connectivity index (χ4n) is 1.83. The normalized spacial score (nSPS) is 12.0. The number of amides is 1. The molecule has 0 bridgehead atoms. The second kappa shape index (κ2) is 5.70. The van der Waals surface area contributed by atoms with Crippen molar-refractivity contribution < 1.29 is 23.1 Å². The first-order valence-corrected chi connectivity index (χ1v) is 7.44. The number of primary amides is 1. The van der Waals surface area contributed by atoms with Gasteiger partial charge in [0.15, 0.2) is 0 Å². The number of carboxylic acid groups (broad SMARTS) is 1. The van der Waals surface area contributed by atoms with E-state index in [0.29, 0.717) is 0 Å². The van der Waals surface area contributed by atoms with Crippen molar-refractivity contribution in [1.82, 2.24) is 0 Å². The van der Waals surface area contributed by atoms with E-state index >= 15 is 0 Å². The average molecular weight is 315 g/mol. The lowest BCUT2D eigenvalue weighted by Gasteiger charge is -2.27. The maximum atomic E-state index is 11.3. The number of carbonyl (C=O) groups is 2. The zero-order valence-corrected chi connectivity index (χ0v) is 12.4. The van der Waals surface area contributed by atoms with Crippen LogP contribution in [0.2, 0.25) is 0 Å². The topological polar surface area (TPSA) is 153 Å². The molecule has 0 aromatic heterocycles. The monoisotopic (exact) mass is 315 g/mol. The van der Waals surface area contributed by atoms with Crippen LogP contribution in [0, 0.1) is 0 Å². The summed E-state index contributed by atoms with van der Waals surface area (Å²) < 4.78 is 22.5. The van der Waals surface area contributed by atoms with Gasteiger partial charge in [0, 0.05) is 17.6 Å². The molecule has 0 aliphatic rings. The van der Waals surface area contributed by atoms with E-state index in [-0.39, 0.29) is 22.6 Å². The summed E-state index contributed by atoms with van der Waals surface area (Å²) in [5.74, 6) is -1.87. The van der Waals surface area contributed by atoms with Crippen molar-refractivity contribution >= 4 is 27.6 Å². The first-order chi connectivity index (χ1) is 9.42. The fraction of sp³-hybridized carbons (Fsp3) is 0.333. The summed E-state index contributed by atoms with van der Waals surface area (Å²) in [6, 6.07) is 3.43. The van der Waals surface area contributed by atoms with E-state index in [1.165, 1.54) is 12.1 Å². The molecular formula is C12H17N3O5S.